The van der Waals surface area contributed by atoms with Crippen LogP contribution in [0.25, 0.3) is 11.0 Å². The molecule has 0 bridgehead atoms. The number of carbonyl (C=O) groups is 1. The zero-order chi connectivity index (χ0) is 23.4. The van der Waals surface area contributed by atoms with E-state index in [1.165, 1.54) is 4.57 Å². The summed E-state index contributed by atoms with van der Waals surface area (Å²) in [6.07, 6.45) is -3.07. The molecule has 4 rings (SSSR count). The molecule has 1 N–H and O–H groups in total. The number of carbonyl (C=O) groups excluding carboxylic acids is 1. The quantitative estimate of drug-likeness (QED) is 0.550. The first kappa shape index (κ1) is 23.1. The fraction of sp³-hybridized carbons (Fsp3) is 0.417. The van der Waals surface area contributed by atoms with E-state index in [1.54, 1.807) is 36.4 Å². The smallest absolute Gasteiger partial charge is 0.449 e. The van der Waals surface area contributed by atoms with E-state index in [2.05, 4.69) is 10.3 Å². The molecule has 2 aromatic carbocycles. The number of nitrogens with zero attached hydrogens (tertiary/aromatic N) is 3. The van der Waals surface area contributed by atoms with Gasteiger partial charge in [0.1, 0.15) is 5.75 Å². The Kier molecular flexibility index (Phi) is 6.88. The number of alkyl halides is 3. The lowest BCUT2D eigenvalue weighted by Crippen LogP contribution is -2.40. The highest BCUT2D eigenvalue weighted by molar-refractivity contribution is 5.93. The topological polar surface area (TPSA) is 59.4 Å². The van der Waals surface area contributed by atoms with E-state index in [1.807, 2.05) is 24.0 Å². The van der Waals surface area contributed by atoms with Crippen molar-refractivity contribution in [2.75, 3.05) is 31.6 Å². The maximum Gasteiger partial charge on any atom is 0.449 e. The molecule has 0 unspecified atom stereocenters. The number of para-hydroxylation sites is 4. The number of halogens is 3. The number of anilines is 1. The molecule has 2 heterocycles. The second-order valence-corrected chi connectivity index (χ2v) is 8.23. The van der Waals surface area contributed by atoms with E-state index in [4.69, 9.17) is 4.74 Å². The minimum absolute atomic E-state index is 0.0849. The highest BCUT2D eigenvalue weighted by Gasteiger charge is 2.38. The number of benzene rings is 2. The summed E-state index contributed by atoms with van der Waals surface area (Å²) in [5, 5.41) is 2.89. The van der Waals surface area contributed by atoms with Crippen molar-refractivity contribution in [2.45, 2.75) is 32.5 Å². The maximum absolute atomic E-state index is 13.6. The Morgan fingerprint density at radius 1 is 1.12 bits per heavy atom. The Labute approximate surface area is 190 Å². The third-order valence-corrected chi connectivity index (χ3v) is 5.88. The average molecular weight is 461 g/mol. The normalized spacial score (nSPS) is 15.6. The molecule has 3 aromatic rings. The van der Waals surface area contributed by atoms with Crippen molar-refractivity contribution in [3.05, 3.63) is 54.4 Å². The summed E-state index contributed by atoms with van der Waals surface area (Å²) >= 11 is 0. The van der Waals surface area contributed by atoms with Crippen molar-refractivity contribution >= 4 is 22.6 Å². The summed E-state index contributed by atoms with van der Waals surface area (Å²) in [6, 6.07) is 14.0. The number of aromatic nitrogens is 2. The number of nitrogens with one attached hydrogen (secondary N) is 1. The molecule has 1 amide bonds. The van der Waals surface area contributed by atoms with Crippen molar-refractivity contribution < 1.29 is 22.7 Å². The maximum atomic E-state index is 13.6. The minimum Gasteiger partial charge on any atom is -0.492 e. The largest absolute Gasteiger partial charge is 0.492 e. The molecular formula is C24H27F3N4O2. The molecule has 9 heteroatoms. The number of ether oxygens (including phenoxy) is 1. The first-order valence-corrected chi connectivity index (χ1v) is 11.1. The fourth-order valence-corrected chi connectivity index (χ4v) is 4.31. The number of piperidine rings is 1. The van der Waals surface area contributed by atoms with Crippen LogP contribution in [0.2, 0.25) is 0 Å². The Hall–Kier alpha value is -3.07. The Bertz CT molecular complexity index is 1100. The lowest BCUT2D eigenvalue weighted by Gasteiger charge is -2.32. The summed E-state index contributed by atoms with van der Waals surface area (Å²) in [6.45, 7) is 4.18. The van der Waals surface area contributed by atoms with Crippen molar-refractivity contribution in [2.24, 2.45) is 5.92 Å². The van der Waals surface area contributed by atoms with Gasteiger partial charge in [0.05, 0.1) is 29.9 Å². The van der Waals surface area contributed by atoms with Gasteiger partial charge in [0.25, 0.3) is 0 Å². The first-order chi connectivity index (χ1) is 15.8. The predicted molar refractivity (Wildman–Crippen MR) is 120 cm³/mol. The molecule has 1 fully saturated rings. The van der Waals surface area contributed by atoms with Crippen LogP contribution in [-0.4, -0.2) is 46.6 Å². The van der Waals surface area contributed by atoms with Crippen LogP contribution in [0.15, 0.2) is 48.5 Å². The van der Waals surface area contributed by atoms with Gasteiger partial charge in [-0.15, -0.1) is 0 Å². The number of rotatable bonds is 7. The molecule has 1 aromatic heterocycles. The van der Waals surface area contributed by atoms with Gasteiger partial charge in [-0.2, -0.15) is 13.2 Å². The van der Waals surface area contributed by atoms with Gasteiger partial charge in [-0.1, -0.05) is 24.3 Å². The van der Waals surface area contributed by atoms with Crippen LogP contribution in [0.5, 0.6) is 5.75 Å². The number of amides is 1. The van der Waals surface area contributed by atoms with Gasteiger partial charge in [-0.3, -0.25) is 9.69 Å². The number of likely N-dealkylation sites (tertiary alicyclic amines) is 1. The molecule has 6 nitrogen and oxygen atoms in total. The van der Waals surface area contributed by atoms with Crippen LogP contribution >= 0.6 is 0 Å². The number of hydrogen-bond acceptors (Lipinski definition) is 4. The zero-order valence-electron chi connectivity index (χ0n) is 18.4. The Morgan fingerprint density at radius 2 is 1.82 bits per heavy atom. The molecule has 33 heavy (non-hydrogen) atoms. The molecule has 0 atom stereocenters. The van der Waals surface area contributed by atoms with Gasteiger partial charge in [0, 0.05) is 6.54 Å². The lowest BCUT2D eigenvalue weighted by molar-refractivity contribution is -0.147. The Balaban J connectivity index is 1.35. The van der Waals surface area contributed by atoms with Crippen LogP contribution in [0.1, 0.15) is 25.6 Å². The van der Waals surface area contributed by atoms with Gasteiger partial charge < -0.3 is 14.6 Å². The fourth-order valence-electron chi connectivity index (χ4n) is 4.31. The van der Waals surface area contributed by atoms with E-state index >= 15 is 0 Å². The van der Waals surface area contributed by atoms with Crippen LogP contribution in [0.3, 0.4) is 0 Å². The van der Waals surface area contributed by atoms with Gasteiger partial charge in [-0.05, 0) is 63.0 Å². The van der Waals surface area contributed by atoms with Gasteiger partial charge >= 0.3 is 6.18 Å². The van der Waals surface area contributed by atoms with Crippen LogP contribution in [-0.2, 0) is 17.5 Å². The van der Waals surface area contributed by atoms with Gasteiger partial charge in [0.15, 0.2) is 0 Å². The molecule has 1 aliphatic rings. The number of hydrogen-bond donors (Lipinski definition) is 1. The highest BCUT2D eigenvalue weighted by Crippen LogP contribution is 2.33. The van der Waals surface area contributed by atoms with Crippen LogP contribution < -0.4 is 10.1 Å². The molecule has 0 aliphatic carbocycles. The third-order valence-electron chi connectivity index (χ3n) is 5.88. The van der Waals surface area contributed by atoms with Crippen molar-refractivity contribution in [1.29, 1.82) is 0 Å². The van der Waals surface area contributed by atoms with E-state index in [9.17, 15) is 18.0 Å². The van der Waals surface area contributed by atoms with E-state index in [-0.39, 0.29) is 24.9 Å². The SMILES string of the molecule is CCOc1ccccc1NC(=O)CN1CCC(Cn2c(C(F)(F)F)nc3ccccc32)CC1. The van der Waals surface area contributed by atoms with Gasteiger partial charge in [-0.25, -0.2) is 4.98 Å². The molecule has 176 valence electrons. The molecule has 0 radical (unpaired) electrons. The summed E-state index contributed by atoms with van der Waals surface area (Å²) < 4.78 is 47.5. The third kappa shape index (κ3) is 5.47. The molecule has 1 aliphatic heterocycles. The second kappa shape index (κ2) is 9.82. The van der Waals surface area contributed by atoms with E-state index < -0.39 is 12.0 Å². The van der Waals surface area contributed by atoms with Crippen molar-refractivity contribution in [1.82, 2.24) is 14.5 Å². The van der Waals surface area contributed by atoms with Crippen LogP contribution in [0.4, 0.5) is 18.9 Å². The first-order valence-electron chi connectivity index (χ1n) is 11.1. The van der Waals surface area contributed by atoms with Crippen molar-refractivity contribution in [3.63, 3.8) is 0 Å². The predicted octanol–water partition coefficient (Wildman–Crippen LogP) is 4.80. The summed E-state index contributed by atoms with van der Waals surface area (Å²) in [5.74, 6) is -0.277. The Morgan fingerprint density at radius 3 is 2.55 bits per heavy atom. The summed E-state index contributed by atoms with van der Waals surface area (Å²) in [5.41, 5.74) is 1.48. The number of imidazole rings is 1. The molecule has 0 saturated carbocycles. The van der Waals surface area contributed by atoms with Gasteiger partial charge in [0.2, 0.25) is 11.7 Å². The van der Waals surface area contributed by atoms with E-state index in [0.717, 1.165) is 0 Å². The minimum atomic E-state index is -4.50. The van der Waals surface area contributed by atoms with Crippen LogP contribution in [0, 0.1) is 5.92 Å². The van der Waals surface area contributed by atoms with E-state index in [0.29, 0.717) is 55.0 Å². The second-order valence-electron chi connectivity index (χ2n) is 8.23. The standard InChI is InChI=1S/C24H27F3N4O2/c1-2-33-21-10-6-4-8-19(21)28-22(32)16-30-13-11-17(12-14-30)15-31-20-9-5-3-7-18(20)29-23(31)24(25,26)27/h3-10,17H,2,11-16H2,1H3,(H,28,32). The highest BCUT2D eigenvalue weighted by atomic mass is 19.4. The summed E-state index contributed by atoms with van der Waals surface area (Å²) in [4.78, 5) is 18.4. The monoisotopic (exact) mass is 460 g/mol. The number of fused-ring (bicyclic) bond motifs is 1. The summed E-state index contributed by atoms with van der Waals surface area (Å²) in [7, 11) is 0. The molecule has 0 spiro atoms. The molecule has 1 saturated heterocycles. The lowest BCUT2D eigenvalue weighted by atomic mass is 9.96. The van der Waals surface area contributed by atoms with Crippen molar-refractivity contribution in [3.8, 4) is 5.75 Å². The molecular weight excluding hydrogens is 433 g/mol. The zero-order valence-corrected chi connectivity index (χ0v) is 18.4. The average Bonchev–Trinajstić information content (AvgIpc) is 3.16.